The van der Waals surface area contributed by atoms with E-state index in [1.54, 1.807) is 12.4 Å². The highest BCUT2D eigenvalue weighted by molar-refractivity contribution is 7.09. The van der Waals surface area contributed by atoms with Crippen LogP contribution in [0.15, 0.2) is 36.9 Å². The molecular formula is C21H24N8OS. The number of rotatable bonds is 6. The average Bonchev–Trinajstić information content (AvgIpc) is 3.27. The summed E-state index contributed by atoms with van der Waals surface area (Å²) in [6, 6.07) is 7.35. The molecule has 0 amide bonds. The van der Waals surface area contributed by atoms with E-state index >= 15 is 0 Å². The van der Waals surface area contributed by atoms with Gasteiger partial charge in [0.1, 0.15) is 29.8 Å². The Morgan fingerprint density at radius 2 is 1.84 bits per heavy atom. The summed E-state index contributed by atoms with van der Waals surface area (Å²) in [4.78, 5) is 17.5. The highest BCUT2D eigenvalue weighted by atomic mass is 32.1. The first kappa shape index (κ1) is 19.7. The van der Waals surface area contributed by atoms with Crippen molar-refractivity contribution in [2.24, 2.45) is 0 Å². The minimum atomic E-state index is -0.0888. The zero-order valence-electron chi connectivity index (χ0n) is 17.3. The van der Waals surface area contributed by atoms with E-state index in [1.165, 1.54) is 17.9 Å². The highest BCUT2D eigenvalue weighted by Gasteiger charge is 2.40. The molecule has 0 radical (unpaired) electrons. The van der Waals surface area contributed by atoms with E-state index in [4.69, 9.17) is 15.9 Å². The average molecular weight is 437 g/mol. The number of nitrogens with zero attached hydrogens (tertiary/aromatic N) is 6. The first-order valence-electron chi connectivity index (χ1n) is 10.3. The van der Waals surface area contributed by atoms with Gasteiger partial charge in [-0.15, -0.1) is 0 Å². The Morgan fingerprint density at radius 1 is 1.06 bits per heavy atom. The summed E-state index contributed by atoms with van der Waals surface area (Å²) < 4.78 is 10.1. The van der Waals surface area contributed by atoms with Crippen molar-refractivity contribution in [3.05, 3.63) is 48.2 Å². The fourth-order valence-corrected chi connectivity index (χ4v) is 4.19. The molecule has 3 aromatic rings. The van der Waals surface area contributed by atoms with Crippen LogP contribution in [0.2, 0.25) is 0 Å². The molecule has 3 heterocycles. The number of piperazine rings is 1. The predicted octanol–water partition coefficient (Wildman–Crippen LogP) is 2.58. The second kappa shape index (κ2) is 7.77. The molecule has 2 aliphatic rings. The molecular weight excluding hydrogens is 412 g/mol. The number of nitrogens with two attached hydrogens (primary N) is 1. The van der Waals surface area contributed by atoms with Crippen molar-refractivity contribution >= 4 is 33.9 Å². The van der Waals surface area contributed by atoms with Gasteiger partial charge in [-0.25, -0.2) is 15.0 Å². The van der Waals surface area contributed by atoms with Crippen LogP contribution in [0.25, 0.3) is 0 Å². The standard InChI is InChI=1S/C21H24N8OS/c1-21(4-5-21)30-14-2-3-16(22)15(10-14)19(23)17-11-18(25-12-24-17)28-6-8-29(9-7-28)20-26-13-27-31-20/h2-3,10-13,23H,4-9,22H2,1H3. The van der Waals surface area contributed by atoms with Crippen LogP contribution < -0.4 is 20.3 Å². The molecule has 0 spiro atoms. The molecule has 9 nitrogen and oxygen atoms in total. The van der Waals surface area contributed by atoms with E-state index in [0.717, 1.165) is 55.7 Å². The van der Waals surface area contributed by atoms with Crippen LogP contribution >= 0.6 is 11.5 Å². The number of benzene rings is 1. The summed E-state index contributed by atoms with van der Waals surface area (Å²) in [5.74, 6) is 1.54. The minimum absolute atomic E-state index is 0.0888. The lowest BCUT2D eigenvalue weighted by Crippen LogP contribution is -2.46. The third-order valence-corrected chi connectivity index (χ3v) is 6.47. The van der Waals surface area contributed by atoms with E-state index in [1.807, 2.05) is 18.2 Å². The van der Waals surface area contributed by atoms with Gasteiger partial charge in [0.05, 0.1) is 11.4 Å². The van der Waals surface area contributed by atoms with E-state index < -0.39 is 0 Å². The topological polar surface area (TPSA) is 117 Å². The van der Waals surface area contributed by atoms with Crippen LogP contribution in [-0.2, 0) is 0 Å². The highest BCUT2D eigenvalue weighted by Crippen LogP contribution is 2.40. The Bertz CT molecular complexity index is 1090. The first-order valence-corrected chi connectivity index (χ1v) is 11.0. The molecule has 1 saturated heterocycles. The summed E-state index contributed by atoms with van der Waals surface area (Å²) in [6.45, 7) is 5.41. The van der Waals surface area contributed by atoms with Gasteiger partial charge in [-0.1, -0.05) is 0 Å². The van der Waals surface area contributed by atoms with Crippen molar-refractivity contribution in [2.45, 2.75) is 25.4 Å². The molecule has 0 unspecified atom stereocenters. The zero-order chi connectivity index (χ0) is 21.4. The molecule has 1 saturated carbocycles. The Balaban J connectivity index is 1.32. The molecule has 160 valence electrons. The lowest BCUT2D eigenvalue weighted by Gasteiger charge is -2.35. The van der Waals surface area contributed by atoms with Gasteiger partial charge in [0, 0.05) is 55.0 Å². The molecule has 0 bridgehead atoms. The Kier molecular flexibility index (Phi) is 4.93. The smallest absolute Gasteiger partial charge is 0.205 e. The van der Waals surface area contributed by atoms with Crippen molar-refractivity contribution < 1.29 is 4.74 Å². The van der Waals surface area contributed by atoms with Gasteiger partial charge in [0.25, 0.3) is 0 Å². The Hall–Kier alpha value is -3.27. The minimum Gasteiger partial charge on any atom is -0.488 e. The largest absolute Gasteiger partial charge is 0.488 e. The molecule has 10 heteroatoms. The normalized spacial score (nSPS) is 17.5. The number of hydrogen-bond acceptors (Lipinski definition) is 10. The van der Waals surface area contributed by atoms with Gasteiger partial charge in [0.2, 0.25) is 5.13 Å². The molecule has 3 N–H and O–H groups in total. The van der Waals surface area contributed by atoms with Crippen LogP contribution in [-0.4, -0.2) is 56.8 Å². The molecule has 1 aromatic carbocycles. The quantitative estimate of drug-likeness (QED) is 0.447. The number of aromatic nitrogens is 4. The van der Waals surface area contributed by atoms with E-state index in [2.05, 4.69) is 36.0 Å². The monoisotopic (exact) mass is 436 g/mol. The van der Waals surface area contributed by atoms with Crippen LogP contribution in [0, 0.1) is 5.41 Å². The van der Waals surface area contributed by atoms with Gasteiger partial charge in [-0.3, -0.25) is 5.41 Å². The van der Waals surface area contributed by atoms with Crippen LogP contribution in [0.5, 0.6) is 5.75 Å². The molecule has 0 atom stereocenters. The van der Waals surface area contributed by atoms with Crippen LogP contribution in [0.1, 0.15) is 31.0 Å². The lowest BCUT2D eigenvalue weighted by atomic mass is 10.0. The second-order valence-corrected chi connectivity index (χ2v) is 8.89. The molecule has 1 aliphatic heterocycles. The molecule has 1 aliphatic carbocycles. The van der Waals surface area contributed by atoms with Crippen molar-refractivity contribution in [3.8, 4) is 5.75 Å². The third-order valence-electron chi connectivity index (χ3n) is 5.75. The van der Waals surface area contributed by atoms with Gasteiger partial charge in [-0.05, 0) is 38.0 Å². The van der Waals surface area contributed by atoms with E-state index in [9.17, 15) is 0 Å². The third kappa shape index (κ3) is 4.15. The summed E-state index contributed by atoms with van der Waals surface area (Å²) in [6.07, 6.45) is 5.20. The van der Waals surface area contributed by atoms with Crippen molar-refractivity contribution in [3.63, 3.8) is 0 Å². The van der Waals surface area contributed by atoms with E-state index in [0.29, 0.717) is 16.9 Å². The number of nitrogens with one attached hydrogen (secondary N) is 1. The zero-order valence-corrected chi connectivity index (χ0v) is 18.1. The van der Waals surface area contributed by atoms with Crippen LogP contribution in [0.3, 0.4) is 0 Å². The van der Waals surface area contributed by atoms with Gasteiger partial charge < -0.3 is 20.3 Å². The SMILES string of the molecule is CC1(Oc2ccc(N)c(C(=N)c3cc(N4CCN(c5ncns5)CC4)ncn3)c2)CC1. The number of hydrogen-bond donors (Lipinski definition) is 2. The number of nitrogen functional groups attached to an aromatic ring is 1. The van der Waals surface area contributed by atoms with Gasteiger partial charge >= 0.3 is 0 Å². The van der Waals surface area contributed by atoms with E-state index in [-0.39, 0.29) is 11.3 Å². The predicted molar refractivity (Wildman–Crippen MR) is 121 cm³/mol. The molecule has 31 heavy (non-hydrogen) atoms. The number of anilines is 3. The summed E-state index contributed by atoms with van der Waals surface area (Å²) in [5.41, 5.74) is 8.05. The van der Waals surface area contributed by atoms with Crippen LogP contribution in [0.4, 0.5) is 16.6 Å². The lowest BCUT2D eigenvalue weighted by molar-refractivity contribution is 0.200. The van der Waals surface area contributed by atoms with Crippen molar-refractivity contribution in [2.75, 3.05) is 41.7 Å². The summed E-state index contributed by atoms with van der Waals surface area (Å²) >= 11 is 1.41. The fourth-order valence-electron chi connectivity index (χ4n) is 3.61. The van der Waals surface area contributed by atoms with Crippen molar-refractivity contribution in [1.29, 1.82) is 5.41 Å². The van der Waals surface area contributed by atoms with Crippen molar-refractivity contribution in [1.82, 2.24) is 19.3 Å². The Morgan fingerprint density at radius 3 is 2.55 bits per heavy atom. The Labute approximate surface area is 184 Å². The summed E-state index contributed by atoms with van der Waals surface area (Å²) in [7, 11) is 0. The second-order valence-electron chi connectivity index (χ2n) is 8.14. The maximum Gasteiger partial charge on any atom is 0.205 e. The summed E-state index contributed by atoms with van der Waals surface area (Å²) in [5, 5.41) is 9.67. The molecule has 5 rings (SSSR count). The number of ether oxygens (including phenoxy) is 1. The maximum absolute atomic E-state index is 8.73. The maximum atomic E-state index is 8.73. The molecule has 2 fully saturated rings. The fraction of sp³-hybridized carbons (Fsp3) is 0.381. The molecule has 2 aromatic heterocycles. The van der Waals surface area contributed by atoms with Gasteiger partial charge in [-0.2, -0.15) is 4.37 Å². The van der Waals surface area contributed by atoms with Gasteiger partial charge in [0.15, 0.2) is 0 Å². The first-order chi connectivity index (χ1) is 15.0.